The quantitative estimate of drug-likeness (QED) is 0.204. The van der Waals surface area contributed by atoms with E-state index in [2.05, 4.69) is 20.6 Å². The summed E-state index contributed by atoms with van der Waals surface area (Å²) in [4.78, 5) is 38.2. The Hall–Kier alpha value is -5.32. The van der Waals surface area contributed by atoms with E-state index in [1.54, 1.807) is 6.20 Å². The molecule has 2 aromatic carbocycles. The smallest absolute Gasteiger partial charge is 0.475 e. The molecule has 46 heavy (non-hydrogen) atoms. The van der Waals surface area contributed by atoms with Gasteiger partial charge in [0.1, 0.15) is 12.2 Å². The molecule has 11 nitrogen and oxygen atoms in total. The van der Waals surface area contributed by atoms with Gasteiger partial charge < -0.3 is 20.5 Å². The zero-order valence-corrected chi connectivity index (χ0v) is 23.7. The highest BCUT2D eigenvalue weighted by Gasteiger charge is 2.38. The molecule has 2 aromatic heterocycles. The van der Waals surface area contributed by atoms with Crippen molar-refractivity contribution in [1.29, 1.82) is 0 Å². The maximum atomic E-state index is 13.0. The number of amides is 2. The molecule has 3 N–H and O–H groups in total. The molecule has 17 heteroatoms. The average molecular weight is 653 g/mol. The highest BCUT2D eigenvalue weighted by Crippen LogP contribution is 2.18. The lowest BCUT2D eigenvalue weighted by molar-refractivity contribution is -0.192. The molecule has 0 spiro atoms. The molecule has 0 bridgehead atoms. The van der Waals surface area contributed by atoms with Gasteiger partial charge in [0.2, 0.25) is 0 Å². The Labute approximate surface area is 257 Å². The fraction of sp³-hybridized carbons (Fsp3) is 0.241. The maximum absolute atomic E-state index is 13.0. The number of benzene rings is 2. The van der Waals surface area contributed by atoms with Crippen LogP contribution in [0, 0.1) is 0 Å². The van der Waals surface area contributed by atoms with E-state index in [1.807, 2.05) is 53.8 Å². The molecule has 0 saturated heterocycles. The number of carboxylic acid groups (broad SMARTS) is 1. The number of halogens is 6. The van der Waals surface area contributed by atoms with E-state index in [0.29, 0.717) is 24.3 Å². The Morgan fingerprint density at radius 2 is 1.48 bits per heavy atom. The summed E-state index contributed by atoms with van der Waals surface area (Å²) >= 11 is 0. The summed E-state index contributed by atoms with van der Waals surface area (Å²) in [6.07, 6.45) is -7.39. The first-order valence-corrected chi connectivity index (χ1v) is 13.2. The van der Waals surface area contributed by atoms with E-state index >= 15 is 0 Å². The third-order valence-electron chi connectivity index (χ3n) is 5.79. The van der Waals surface area contributed by atoms with Gasteiger partial charge in [0.15, 0.2) is 5.69 Å². The summed E-state index contributed by atoms with van der Waals surface area (Å²) in [5.41, 5.74) is 2.68. The van der Waals surface area contributed by atoms with Crippen LogP contribution in [0.4, 0.5) is 26.3 Å². The maximum Gasteiger partial charge on any atom is 0.490 e. The normalized spacial score (nSPS) is 11.3. The van der Waals surface area contributed by atoms with Crippen molar-refractivity contribution in [2.45, 2.75) is 32.0 Å². The fourth-order valence-corrected chi connectivity index (χ4v) is 3.63. The number of carbonyl (C=O) groups is 3. The first-order valence-electron chi connectivity index (χ1n) is 13.2. The van der Waals surface area contributed by atoms with Crippen molar-refractivity contribution in [3.8, 4) is 5.69 Å². The molecule has 0 atom stereocenters. The van der Waals surface area contributed by atoms with Crippen LogP contribution >= 0.6 is 0 Å². The highest BCUT2D eigenvalue weighted by molar-refractivity contribution is 5.94. The minimum Gasteiger partial charge on any atom is -0.475 e. The number of nitrogens with zero attached hydrogens (tertiary/aromatic N) is 4. The van der Waals surface area contributed by atoms with E-state index in [0.717, 1.165) is 11.3 Å². The van der Waals surface area contributed by atoms with Crippen molar-refractivity contribution in [3.05, 3.63) is 107 Å². The zero-order chi connectivity index (χ0) is 33.7. The summed E-state index contributed by atoms with van der Waals surface area (Å²) in [7, 11) is 0. The SMILES string of the molecule is O=C(NCC(F)(F)F)c1ccc(-n2nnc(C(=O)NCCc3ccccn3)c2COCc2ccccc2)cc1.O=C(O)C(F)(F)F. The van der Waals surface area contributed by atoms with Gasteiger partial charge in [-0.1, -0.05) is 41.6 Å². The minimum atomic E-state index is -5.08. The first kappa shape index (κ1) is 35.2. The summed E-state index contributed by atoms with van der Waals surface area (Å²) in [5, 5.41) is 19.9. The number of ether oxygens (including phenoxy) is 1. The molecule has 244 valence electrons. The van der Waals surface area contributed by atoms with Crippen molar-refractivity contribution >= 4 is 17.8 Å². The molecule has 4 rings (SSSR count). The Morgan fingerprint density at radius 3 is 2.07 bits per heavy atom. The molecular formula is C29H26F6N6O5. The van der Waals surface area contributed by atoms with Crippen LogP contribution in [0.3, 0.4) is 0 Å². The second-order valence-electron chi connectivity index (χ2n) is 9.25. The van der Waals surface area contributed by atoms with E-state index in [1.165, 1.54) is 28.9 Å². The van der Waals surface area contributed by atoms with Crippen LogP contribution in [0.2, 0.25) is 0 Å². The summed E-state index contributed by atoms with van der Waals surface area (Å²) in [5.74, 6) is -4.07. The molecule has 0 saturated carbocycles. The summed E-state index contributed by atoms with van der Waals surface area (Å²) in [6, 6.07) is 20.7. The van der Waals surface area contributed by atoms with Gasteiger partial charge >= 0.3 is 18.3 Å². The zero-order valence-electron chi connectivity index (χ0n) is 23.7. The number of pyridine rings is 1. The lowest BCUT2D eigenvalue weighted by Gasteiger charge is -2.11. The lowest BCUT2D eigenvalue weighted by Crippen LogP contribution is -2.33. The monoisotopic (exact) mass is 652 g/mol. The van der Waals surface area contributed by atoms with Crippen LogP contribution in [-0.4, -0.2) is 68.3 Å². The number of alkyl halides is 6. The first-order chi connectivity index (χ1) is 21.7. The number of hydrogen-bond donors (Lipinski definition) is 3. The Morgan fingerprint density at radius 1 is 0.826 bits per heavy atom. The molecule has 0 aliphatic rings. The van der Waals surface area contributed by atoms with Crippen LogP contribution in [-0.2, 0) is 29.2 Å². The van der Waals surface area contributed by atoms with Gasteiger partial charge in [-0.2, -0.15) is 26.3 Å². The number of aromatic nitrogens is 4. The highest BCUT2D eigenvalue weighted by atomic mass is 19.4. The number of hydrogen-bond acceptors (Lipinski definition) is 7. The average Bonchev–Trinajstić information content (AvgIpc) is 3.44. The largest absolute Gasteiger partial charge is 0.490 e. The lowest BCUT2D eigenvalue weighted by atomic mass is 10.2. The fourth-order valence-electron chi connectivity index (χ4n) is 3.63. The molecule has 0 aliphatic heterocycles. The van der Waals surface area contributed by atoms with Gasteiger partial charge in [-0.25, -0.2) is 9.48 Å². The van der Waals surface area contributed by atoms with Crippen molar-refractivity contribution in [3.63, 3.8) is 0 Å². The van der Waals surface area contributed by atoms with Crippen molar-refractivity contribution < 1.29 is 50.6 Å². The minimum absolute atomic E-state index is 0.00128. The van der Waals surface area contributed by atoms with Crippen molar-refractivity contribution in [2.75, 3.05) is 13.1 Å². The summed E-state index contributed by atoms with van der Waals surface area (Å²) < 4.78 is 76.3. The van der Waals surface area contributed by atoms with Crippen LogP contribution < -0.4 is 10.6 Å². The molecule has 0 radical (unpaired) electrons. The van der Waals surface area contributed by atoms with Gasteiger partial charge in [-0.05, 0) is 42.0 Å². The molecule has 0 unspecified atom stereocenters. The van der Waals surface area contributed by atoms with Crippen LogP contribution in [0.25, 0.3) is 5.69 Å². The van der Waals surface area contributed by atoms with E-state index in [9.17, 15) is 35.9 Å². The Bertz CT molecular complexity index is 1580. The van der Waals surface area contributed by atoms with Crippen LogP contribution in [0.5, 0.6) is 0 Å². The molecular weight excluding hydrogens is 626 g/mol. The second kappa shape index (κ2) is 16.1. The van der Waals surface area contributed by atoms with E-state index in [-0.39, 0.29) is 24.5 Å². The molecule has 2 heterocycles. The number of aliphatic carboxylic acids is 1. The Kier molecular flexibility index (Phi) is 12.3. The molecule has 2 amide bonds. The van der Waals surface area contributed by atoms with Gasteiger partial charge in [0, 0.05) is 30.4 Å². The number of carboxylic acids is 1. The standard InChI is InChI=1S/C27H25F3N6O3.C2HF3O2/c28-27(29,30)18-33-25(37)20-9-11-22(12-10-20)36-23(17-39-16-19-6-2-1-3-7-19)24(34-35-36)26(38)32-15-13-21-8-4-5-14-31-21;3-2(4,5)1(6)7/h1-12,14H,13,15-18H2,(H,32,38)(H,33,37);(H,6,7). The van der Waals surface area contributed by atoms with Gasteiger partial charge in [-0.15, -0.1) is 5.10 Å². The van der Waals surface area contributed by atoms with E-state index < -0.39 is 36.7 Å². The molecule has 0 aliphatic carbocycles. The van der Waals surface area contributed by atoms with E-state index in [4.69, 9.17) is 14.6 Å². The number of nitrogens with one attached hydrogen (secondary N) is 2. The van der Waals surface area contributed by atoms with Crippen molar-refractivity contribution in [1.82, 2.24) is 30.6 Å². The van der Waals surface area contributed by atoms with Crippen LogP contribution in [0.15, 0.2) is 79.0 Å². The molecule has 4 aromatic rings. The summed E-state index contributed by atoms with van der Waals surface area (Å²) in [6.45, 7) is -0.823. The number of rotatable bonds is 11. The topological polar surface area (TPSA) is 148 Å². The second-order valence-corrected chi connectivity index (χ2v) is 9.25. The van der Waals surface area contributed by atoms with Gasteiger partial charge in [-0.3, -0.25) is 14.6 Å². The Balaban J connectivity index is 0.000000738. The molecule has 0 fully saturated rings. The van der Waals surface area contributed by atoms with Gasteiger partial charge in [0.05, 0.1) is 18.9 Å². The van der Waals surface area contributed by atoms with Gasteiger partial charge in [0.25, 0.3) is 11.8 Å². The van der Waals surface area contributed by atoms with Crippen molar-refractivity contribution in [2.24, 2.45) is 0 Å². The predicted octanol–water partition coefficient (Wildman–Crippen LogP) is 4.28. The van der Waals surface area contributed by atoms with Crippen LogP contribution in [0.1, 0.15) is 37.8 Å². The predicted molar refractivity (Wildman–Crippen MR) is 149 cm³/mol. The number of carbonyl (C=O) groups excluding carboxylic acids is 2. The third-order valence-corrected chi connectivity index (χ3v) is 5.79. The third kappa shape index (κ3) is 11.3.